The topological polar surface area (TPSA) is 519 Å². The van der Waals surface area contributed by atoms with Crippen molar-refractivity contribution in [1.29, 1.82) is 0 Å². The number of aliphatic hydroxyl groups excluding tert-OH is 22. The Balaban J connectivity index is 2.16. The molecule has 30 nitrogen and oxygen atoms in total. The van der Waals surface area contributed by atoms with E-state index in [4.69, 9.17) is 37.9 Å². The molecule has 0 saturated carbocycles. The van der Waals surface area contributed by atoms with Crippen LogP contribution in [-0.4, -0.2) is 263 Å². The minimum atomic E-state index is -2.74. The Morgan fingerprint density at radius 1 is 0.288 bits per heavy atom. The third-order valence-electron chi connectivity index (χ3n) is 10.2. The first-order valence-electron chi connectivity index (χ1n) is 19.9. The summed E-state index contributed by atoms with van der Waals surface area (Å²) < 4.78 is 42.1. The Labute approximate surface area is 372 Å². The van der Waals surface area contributed by atoms with E-state index in [0.717, 1.165) is 0 Å². The number of ether oxygens (including phenoxy) is 8. The normalized spacial score (nSPS) is 43.8. The quantitative estimate of drug-likeness (QED) is 0.0967. The predicted octanol–water partition coefficient (Wildman–Crippen LogP) is -6.70. The lowest BCUT2D eigenvalue weighted by atomic mass is 9.98. The van der Waals surface area contributed by atoms with E-state index >= 15 is 0 Å². The van der Waals surface area contributed by atoms with Crippen LogP contribution in [-0.2, 0) is 37.9 Å². The van der Waals surface area contributed by atoms with Crippen LogP contribution in [0.25, 0.3) is 0 Å². The zero-order chi connectivity index (χ0) is 49.7. The Kier molecular flexibility index (Phi) is 22.6. The summed E-state index contributed by atoms with van der Waals surface area (Å²) in [4.78, 5) is 0. The van der Waals surface area contributed by atoms with Crippen LogP contribution in [0.15, 0.2) is 46.1 Å². The van der Waals surface area contributed by atoms with E-state index in [0.29, 0.717) is 0 Å². The van der Waals surface area contributed by atoms with Gasteiger partial charge >= 0.3 is 0 Å². The van der Waals surface area contributed by atoms with E-state index in [1.165, 1.54) is 0 Å². The van der Waals surface area contributed by atoms with Gasteiger partial charge in [0.25, 0.3) is 0 Å². The summed E-state index contributed by atoms with van der Waals surface area (Å²) in [5.74, 6) is -11.9. The molecule has 0 aromatic carbocycles. The van der Waals surface area contributed by atoms with Crippen LogP contribution in [0.1, 0.15) is 25.7 Å². The van der Waals surface area contributed by atoms with E-state index < -0.39 is 222 Å². The van der Waals surface area contributed by atoms with Gasteiger partial charge in [0, 0.05) is 52.1 Å². The lowest BCUT2D eigenvalue weighted by molar-refractivity contribution is -0.329. The molecule has 18 unspecified atom stereocenters. The molecule has 0 radical (unpaired) electrons. The highest BCUT2D eigenvalue weighted by atomic mass is 16.7. The molecule has 0 aromatic heterocycles. The molecule has 4 bridgehead atoms. The minimum absolute atomic E-state index is 0.698. The van der Waals surface area contributed by atoms with Gasteiger partial charge < -0.3 is 150 Å². The maximum absolute atomic E-state index is 10.9. The van der Waals surface area contributed by atoms with Gasteiger partial charge in [-0.3, -0.25) is 0 Å². The van der Waals surface area contributed by atoms with Crippen molar-refractivity contribution in [1.82, 2.24) is 0 Å². The molecule has 66 heavy (non-hydrogen) atoms. The van der Waals surface area contributed by atoms with Gasteiger partial charge in [0.05, 0.1) is 13.2 Å². The summed E-state index contributed by atoms with van der Waals surface area (Å²) in [6.07, 6.45) is -43.3. The Morgan fingerprint density at radius 3 is 0.773 bits per heavy atom. The van der Waals surface area contributed by atoms with Crippen molar-refractivity contribution in [3.8, 4) is 0 Å². The van der Waals surface area contributed by atoms with Crippen LogP contribution in [0.4, 0.5) is 0 Å². The fourth-order valence-corrected chi connectivity index (χ4v) is 6.57. The van der Waals surface area contributed by atoms with Crippen LogP contribution in [0, 0.1) is 0 Å². The van der Waals surface area contributed by atoms with Crippen molar-refractivity contribution in [2.45, 2.75) is 137 Å². The summed E-state index contributed by atoms with van der Waals surface area (Å²) >= 11 is 0. The predicted molar refractivity (Wildman–Crippen MR) is 205 cm³/mol. The van der Waals surface area contributed by atoms with Crippen LogP contribution in [0.3, 0.4) is 0 Å². The Hall–Kier alpha value is -3.52. The molecular weight excluding hydrogens is 912 g/mol. The second-order valence-electron chi connectivity index (χ2n) is 14.7. The number of hydrogen-bond acceptors (Lipinski definition) is 30. The Morgan fingerprint density at radius 2 is 0.530 bits per heavy atom. The van der Waals surface area contributed by atoms with Gasteiger partial charge in [-0.1, -0.05) is 0 Å². The second-order valence-corrected chi connectivity index (χ2v) is 14.7. The summed E-state index contributed by atoms with van der Waals surface area (Å²) in [6, 6.07) is 0. The second kappa shape index (κ2) is 26.3. The summed E-state index contributed by atoms with van der Waals surface area (Å²) in [7, 11) is 0. The molecule has 6 heterocycles. The van der Waals surface area contributed by atoms with E-state index in [9.17, 15) is 112 Å². The smallest absolute Gasteiger partial charge is 0.218 e. The standard InChI is InChI=1S/C36H60O30/c37-5-1-11-17(43)25(51)33(57)65-29-15(9-41)63-36(27(53)21(29)47)62-14(4-8-40)20(46)24(50)32(56)60-12(2-6-38)18(44)26(52)34(58)66-30-16(10-42)64-35(28(54)22(30)48)61-13(3-7-39)19(45)23(49)31(55)59-11/h11-16,21-22,27-58H,1-10H2/b23-19+,24-20+,25-17+,26-18+. The minimum Gasteiger partial charge on any atom is -0.506 e. The summed E-state index contributed by atoms with van der Waals surface area (Å²) in [5.41, 5.74) is 0. The molecule has 6 aliphatic rings. The third-order valence-corrected chi connectivity index (χ3v) is 10.2. The third kappa shape index (κ3) is 13.8. The lowest BCUT2D eigenvalue weighted by Gasteiger charge is -2.43. The highest BCUT2D eigenvalue weighted by Gasteiger charge is 2.50. The van der Waals surface area contributed by atoms with E-state index in [2.05, 4.69) is 0 Å². The summed E-state index contributed by atoms with van der Waals surface area (Å²) in [6.45, 7) is -5.83. The maximum Gasteiger partial charge on any atom is 0.218 e. The van der Waals surface area contributed by atoms with E-state index in [-0.39, 0.29) is 0 Å². The van der Waals surface area contributed by atoms with Crippen molar-refractivity contribution < 1.29 is 150 Å². The van der Waals surface area contributed by atoms with Gasteiger partial charge in [-0.15, -0.1) is 0 Å². The monoisotopic (exact) mass is 972 g/mol. The Bertz CT molecular complexity index is 1500. The molecule has 0 spiro atoms. The van der Waals surface area contributed by atoms with Gasteiger partial charge in [0.2, 0.25) is 25.2 Å². The fourth-order valence-electron chi connectivity index (χ4n) is 6.57. The summed E-state index contributed by atoms with van der Waals surface area (Å²) in [5, 5.41) is 231. The van der Waals surface area contributed by atoms with Crippen LogP contribution < -0.4 is 0 Å². The largest absolute Gasteiger partial charge is 0.506 e. The van der Waals surface area contributed by atoms with Crippen LogP contribution >= 0.6 is 0 Å². The average Bonchev–Trinajstić information content (AvgIpc) is 3.30. The SMILES string of the molecule is OCCC1OC(O)/C(O)=C(\O)C(CCO)OC2OC(CO)C(OC(O)/C(O)=C(\O)C(CCO)OC(O)/C(O)=C(\O)C(CCO)OC3OC(CO)C(OC(O)/C(O)=C/1O)C(O)C3O)C(O)C2O. The van der Waals surface area contributed by atoms with Crippen molar-refractivity contribution in [2.75, 3.05) is 39.6 Å². The number of aliphatic hydroxyl groups is 22. The molecule has 0 aromatic rings. The molecule has 22 N–H and O–H groups in total. The highest BCUT2D eigenvalue weighted by molar-refractivity contribution is 5.13. The molecule has 6 aliphatic heterocycles. The average molecular weight is 973 g/mol. The highest BCUT2D eigenvalue weighted by Crippen LogP contribution is 2.32. The zero-order valence-corrected chi connectivity index (χ0v) is 34.6. The van der Waals surface area contributed by atoms with Crippen molar-refractivity contribution in [3.05, 3.63) is 46.1 Å². The van der Waals surface area contributed by atoms with Crippen LogP contribution in [0.5, 0.6) is 0 Å². The van der Waals surface area contributed by atoms with Gasteiger partial charge in [-0.25, -0.2) is 0 Å². The van der Waals surface area contributed by atoms with Gasteiger partial charge in [0.15, 0.2) is 58.7 Å². The molecule has 2 saturated heterocycles. The fraction of sp³-hybridized carbons (Fsp3) is 0.778. The van der Waals surface area contributed by atoms with Crippen molar-refractivity contribution in [3.63, 3.8) is 0 Å². The van der Waals surface area contributed by atoms with Gasteiger partial charge in [0.1, 0.15) is 73.2 Å². The van der Waals surface area contributed by atoms with E-state index in [1.54, 1.807) is 0 Å². The molecular formula is C36H60O30. The number of hydrogen-bond donors (Lipinski definition) is 22. The van der Waals surface area contributed by atoms with Gasteiger partial charge in [-0.05, 0) is 0 Å². The lowest BCUT2D eigenvalue weighted by Crippen LogP contribution is -2.61. The molecule has 18 atom stereocenters. The van der Waals surface area contributed by atoms with Gasteiger partial charge in [-0.2, -0.15) is 0 Å². The molecule has 0 aliphatic carbocycles. The molecule has 0 amide bonds. The van der Waals surface area contributed by atoms with Crippen molar-refractivity contribution in [2.24, 2.45) is 0 Å². The van der Waals surface area contributed by atoms with Crippen LogP contribution in [0.2, 0.25) is 0 Å². The van der Waals surface area contributed by atoms with Crippen molar-refractivity contribution >= 4 is 0 Å². The number of rotatable bonds is 10. The zero-order valence-electron chi connectivity index (χ0n) is 34.6. The first-order valence-corrected chi connectivity index (χ1v) is 19.9. The molecule has 2 fully saturated rings. The maximum atomic E-state index is 10.9. The van der Waals surface area contributed by atoms with E-state index in [1.807, 2.05) is 0 Å². The molecule has 30 heteroatoms. The first kappa shape index (κ1) is 56.8. The molecule has 384 valence electrons. The first-order chi connectivity index (χ1) is 31.1. The molecule has 6 rings (SSSR count).